The summed E-state index contributed by atoms with van der Waals surface area (Å²) in [5.74, 6) is -1.32. The summed E-state index contributed by atoms with van der Waals surface area (Å²) in [5, 5.41) is 14.6. The monoisotopic (exact) mass is 276 g/mol. The first-order chi connectivity index (χ1) is 9.31. The molecular weight excluding hydrogens is 258 g/mol. The maximum Gasteiger partial charge on any atom is 0.332 e. The molecule has 2 amide bonds. The van der Waals surface area contributed by atoms with E-state index in [0.717, 1.165) is 16.7 Å². The average molecular weight is 276 g/mol. The van der Waals surface area contributed by atoms with E-state index in [1.807, 2.05) is 25.1 Å². The first kappa shape index (κ1) is 15.7. The van der Waals surface area contributed by atoms with Gasteiger partial charge in [0.1, 0.15) is 0 Å². The highest BCUT2D eigenvalue weighted by atomic mass is 16.4. The number of benzene rings is 1. The molecule has 0 saturated carbocycles. The molecular formula is C14H18N3O3-. The molecule has 1 aromatic rings. The zero-order chi connectivity index (χ0) is 15.3. The molecule has 0 aliphatic heterocycles. The second kappa shape index (κ2) is 6.70. The highest BCUT2D eigenvalue weighted by Gasteiger charge is 2.13. The Balaban J connectivity index is 3.16. The lowest BCUT2D eigenvalue weighted by atomic mass is 9.90. The van der Waals surface area contributed by atoms with Gasteiger partial charge < -0.3 is 15.6 Å². The molecule has 6 heteroatoms. The van der Waals surface area contributed by atoms with E-state index in [9.17, 15) is 14.7 Å². The second-order valence-corrected chi connectivity index (χ2v) is 4.74. The fourth-order valence-corrected chi connectivity index (χ4v) is 1.97. The number of carbonyl (C=O) groups is 2. The summed E-state index contributed by atoms with van der Waals surface area (Å²) in [7, 11) is 0. The van der Waals surface area contributed by atoms with Crippen molar-refractivity contribution in [2.24, 2.45) is 10.8 Å². The lowest BCUT2D eigenvalue weighted by Crippen LogP contribution is -2.26. The average Bonchev–Trinajstić information content (AvgIpc) is 2.34. The third kappa shape index (κ3) is 4.38. The Morgan fingerprint density at radius 2 is 2.10 bits per heavy atom. The van der Waals surface area contributed by atoms with E-state index in [0.29, 0.717) is 5.71 Å². The van der Waals surface area contributed by atoms with Gasteiger partial charge >= 0.3 is 6.03 Å². The number of carboxylic acid groups (broad SMARTS) is 1. The molecule has 0 saturated heterocycles. The maximum absolute atomic E-state index is 10.7. The number of nitrogens with one attached hydrogen (secondary N) is 1. The van der Waals surface area contributed by atoms with Crippen LogP contribution in [0.25, 0.3) is 0 Å². The number of nitrogens with two attached hydrogens (primary N) is 1. The molecule has 0 heterocycles. The summed E-state index contributed by atoms with van der Waals surface area (Å²) in [4.78, 5) is 21.4. The van der Waals surface area contributed by atoms with Crippen LogP contribution < -0.4 is 16.3 Å². The molecule has 1 atom stereocenters. The van der Waals surface area contributed by atoms with E-state index in [1.165, 1.54) is 0 Å². The summed E-state index contributed by atoms with van der Waals surface area (Å²) >= 11 is 0. The number of hydrogen-bond donors (Lipinski definition) is 2. The summed E-state index contributed by atoms with van der Waals surface area (Å²) in [5.41, 5.74) is 10.3. The number of aliphatic carboxylic acids is 1. The second-order valence-electron chi connectivity index (χ2n) is 4.74. The summed E-state index contributed by atoms with van der Waals surface area (Å²) < 4.78 is 0. The largest absolute Gasteiger partial charge is 0.550 e. The molecule has 0 aliphatic carbocycles. The van der Waals surface area contributed by atoms with Crippen LogP contribution in [0.2, 0.25) is 0 Å². The summed E-state index contributed by atoms with van der Waals surface area (Å²) in [6.07, 6.45) is -0.0768. The molecule has 0 spiro atoms. The van der Waals surface area contributed by atoms with Crippen LogP contribution >= 0.6 is 0 Å². The van der Waals surface area contributed by atoms with Gasteiger partial charge in [-0.3, -0.25) is 0 Å². The highest BCUT2D eigenvalue weighted by molar-refractivity contribution is 6.00. The predicted octanol–water partition coefficient (Wildman–Crippen LogP) is 0.631. The summed E-state index contributed by atoms with van der Waals surface area (Å²) in [6, 6.07) is 4.91. The zero-order valence-corrected chi connectivity index (χ0v) is 11.8. The Hall–Kier alpha value is -2.37. The SMILES string of the molecule is C/C(=N/NC(N)=O)c1cc(C)ccc1[C@H](C)CC(=O)[O-]. The zero-order valence-electron chi connectivity index (χ0n) is 11.8. The molecule has 1 rings (SSSR count). The third-order valence-corrected chi connectivity index (χ3v) is 2.94. The Morgan fingerprint density at radius 3 is 2.65 bits per heavy atom. The van der Waals surface area contributed by atoms with Gasteiger partial charge in [-0.1, -0.05) is 24.6 Å². The highest BCUT2D eigenvalue weighted by Crippen LogP contribution is 2.24. The van der Waals surface area contributed by atoms with E-state index < -0.39 is 12.0 Å². The Kier molecular flexibility index (Phi) is 5.25. The maximum atomic E-state index is 10.7. The predicted molar refractivity (Wildman–Crippen MR) is 74.1 cm³/mol. The number of rotatable bonds is 5. The van der Waals surface area contributed by atoms with Gasteiger partial charge in [0.25, 0.3) is 0 Å². The van der Waals surface area contributed by atoms with Crippen LogP contribution in [-0.2, 0) is 4.79 Å². The van der Waals surface area contributed by atoms with Crippen molar-refractivity contribution in [1.29, 1.82) is 0 Å². The van der Waals surface area contributed by atoms with E-state index in [2.05, 4.69) is 10.5 Å². The quantitative estimate of drug-likeness (QED) is 0.608. The number of carboxylic acids is 1. The molecule has 0 fully saturated rings. The van der Waals surface area contributed by atoms with Crippen molar-refractivity contribution in [3.05, 3.63) is 34.9 Å². The van der Waals surface area contributed by atoms with Gasteiger partial charge in [0, 0.05) is 11.5 Å². The van der Waals surface area contributed by atoms with Crippen molar-refractivity contribution in [2.75, 3.05) is 0 Å². The van der Waals surface area contributed by atoms with Crippen LogP contribution in [0.5, 0.6) is 0 Å². The van der Waals surface area contributed by atoms with Gasteiger partial charge in [0.2, 0.25) is 0 Å². The minimum atomic E-state index is -1.10. The molecule has 0 unspecified atom stereocenters. The van der Waals surface area contributed by atoms with Gasteiger partial charge in [-0.25, -0.2) is 10.2 Å². The van der Waals surface area contributed by atoms with E-state index in [1.54, 1.807) is 13.8 Å². The van der Waals surface area contributed by atoms with E-state index in [4.69, 9.17) is 5.73 Å². The number of urea groups is 1. The molecule has 0 aliphatic rings. The van der Waals surface area contributed by atoms with Crippen LogP contribution in [-0.4, -0.2) is 17.7 Å². The lowest BCUT2D eigenvalue weighted by Gasteiger charge is -2.17. The number of primary amides is 1. The van der Waals surface area contributed by atoms with Crippen LogP contribution in [0.15, 0.2) is 23.3 Å². The molecule has 20 heavy (non-hydrogen) atoms. The van der Waals surface area contributed by atoms with Crippen LogP contribution in [0.1, 0.15) is 42.9 Å². The van der Waals surface area contributed by atoms with E-state index >= 15 is 0 Å². The van der Waals surface area contributed by atoms with Gasteiger partial charge in [-0.2, -0.15) is 5.10 Å². The topological polar surface area (TPSA) is 108 Å². The number of amides is 2. The van der Waals surface area contributed by atoms with Crippen molar-refractivity contribution in [2.45, 2.75) is 33.1 Å². The van der Waals surface area contributed by atoms with Crippen molar-refractivity contribution < 1.29 is 14.7 Å². The van der Waals surface area contributed by atoms with Gasteiger partial charge in [-0.05, 0) is 37.8 Å². The fraction of sp³-hybridized carbons (Fsp3) is 0.357. The summed E-state index contributed by atoms with van der Waals surface area (Å²) in [6.45, 7) is 5.45. The van der Waals surface area contributed by atoms with Gasteiger partial charge in [0.05, 0.1) is 5.71 Å². The Labute approximate surface area is 117 Å². The van der Waals surface area contributed by atoms with Crippen molar-refractivity contribution in [1.82, 2.24) is 5.43 Å². The first-order valence-electron chi connectivity index (χ1n) is 6.21. The third-order valence-electron chi connectivity index (χ3n) is 2.94. The molecule has 6 nitrogen and oxygen atoms in total. The minimum absolute atomic E-state index is 0.0768. The van der Waals surface area contributed by atoms with Crippen molar-refractivity contribution >= 4 is 17.7 Å². The molecule has 0 bridgehead atoms. The standard InChI is InChI=1S/C14H19N3O3/c1-8-4-5-11(9(2)7-13(18)19)12(6-8)10(3)16-17-14(15)20/h4-6,9H,7H2,1-3H3,(H,18,19)(H3,15,17,20)/p-1/b16-10-/t9-/m1/s1. The number of hydrazone groups is 1. The molecule has 0 radical (unpaired) electrons. The van der Waals surface area contributed by atoms with E-state index in [-0.39, 0.29) is 12.3 Å². The fourth-order valence-electron chi connectivity index (χ4n) is 1.97. The number of hydrogen-bond acceptors (Lipinski definition) is 4. The molecule has 3 N–H and O–H groups in total. The minimum Gasteiger partial charge on any atom is -0.550 e. The van der Waals surface area contributed by atoms with Crippen molar-refractivity contribution in [3.63, 3.8) is 0 Å². The number of nitrogens with zero attached hydrogens (tertiary/aromatic N) is 1. The van der Waals surface area contributed by atoms with Crippen LogP contribution in [0.4, 0.5) is 4.79 Å². The Bertz CT molecular complexity index is 553. The van der Waals surface area contributed by atoms with Crippen LogP contribution in [0.3, 0.4) is 0 Å². The number of aryl methyl sites for hydroxylation is 1. The molecule has 108 valence electrons. The molecule has 1 aromatic carbocycles. The van der Waals surface area contributed by atoms with Gasteiger partial charge in [-0.15, -0.1) is 0 Å². The normalized spacial score (nSPS) is 12.8. The Morgan fingerprint density at radius 1 is 1.45 bits per heavy atom. The van der Waals surface area contributed by atoms with Crippen molar-refractivity contribution in [3.8, 4) is 0 Å². The van der Waals surface area contributed by atoms with Crippen LogP contribution in [0, 0.1) is 6.92 Å². The number of carbonyl (C=O) groups excluding carboxylic acids is 2. The lowest BCUT2D eigenvalue weighted by molar-refractivity contribution is -0.306. The molecule has 0 aromatic heterocycles. The first-order valence-corrected chi connectivity index (χ1v) is 6.21. The van der Waals surface area contributed by atoms with Gasteiger partial charge in [0.15, 0.2) is 0 Å². The smallest absolute Gasteiger partial charge is 0.332 e.